The average Bonchev–Trinajstić information content (AvgIpc) is 2.73. The number of rotatable bonds is 16. The van der Waals surface area contributed by atoms with Gasteiger partial charge in [-0.25, -0.2) is 4.79 Å². The van der Waals surface area contributed by atoms with Crippen molar-refractivity contribution in [1.82, 2.24) is 16.0 Å². The molecule has 10 N–H and O–H groups in total. The highest BCUT2D eigenvalue weighted by Crippen LogP contribution is 2.09. The maximum Gasteiger partial charge on any atom is 0.326 e. The highest BCUT2D eigenvalue weighted by atomic mass is 16.4. The van der Waals surface area contributed by atoms with E-state index in [4.69, 9.17) is 16.6 Å². The molecule has 0 aliphatic carbocycles. The molecule has 0 spiro atoms. The Labute approximate surface area is 192 Å². The van der Waals surface area contributed by atoms with Gasteiger partial charge in [0, 0.05) is 0 Å². The topological polar surface area (TPSA) is 234 Å². The molecule has 13 heteroatoms. The Hall–Kier alpha value is -2.77. The van der Waals surface area contributed by atoms with E-state index in [1.54, 1.807) is 13.8 Å². The number of hydrogen-bond donors (Lipinski definition) is 8. The van der Waals surface area contributed by atoms with Crippen LogP contribution in [0.15, 0.2) is 0 Å². The summed E-state index contributed by atoms with van der Waals surface area (Å²) in [5.41, 5.74) is 11.0. The van der Waals surface area contributed by atoms with E-state index in [9.17, 15) is 34.2 Å². The Morgan fingerprint density at radius 2 is 1.45 bits per heavy atom. The third-order valence-corrected chi connectivity index (χ3v) is 5.15. The molecule has 0 radical (unpaired) electrons. The van der Waals surface area contributed by atoms with Crippen LogP contribution < -0.4 is 27.4 Å². The van der Waals surface area contributed by atoms with Crippen molar-refractivity contribution in [1.29, 1.82) is 0 Å². The number of unbranched alkanes of at least 4 members (excludes halogenated alkanes) is 1. The molecule has 33 heavy (non-hydrogen) atoms. The van der Waals surface area contributed by atoms with E-state index < -0.39 is 72.3 Å². The molecule has 0 aliphatic heterocycles. The zero-order valence-electron chi connectivity index (χ0n) is 19.2. The summed E-state index contributed by atoms with van der Waals surface area (Å²) in [6, 6.07) is -5.29. The number of aliphatic hydroxyl groups is 1. The van der Waals surface area contributed by atoms with Crippen molar-refractivity contribution in [3.8, 4) is 0 Å². The summed E-state index contributed by atoms with van der Waals surface area (Å²) >= 11 is 0. The molecule has 0 fully saturated rings. The minimum Gasteiger partial charge on any atom is -0.481 e. The van der Waals surface area contributed by atoms with Crippen LogP contribution in [0.2, 0.25) is 0 Å². The first-order chi connectivity index (χ1) is 15.3. The number of carbonyl (C=O) groups excluding carboxylic acids is 3. The van der Waals surface area contributed by atoms with Gasteiger partial charge >= 0.3 is 11.9 Å². The van der Waals surface area contributed by atoms with Crippen LogP contribution in [0, 0.1) is 5.92 Å². The lowest BCUT2D eigenvalue weighted by Crippen LogP contribution is -2.60. The fraction of sp³-hybridized carbons (Fsp3) is 0.750. The molecule has 190 valence electrons. The summed E-state index contributed by atoms with van der Waals surface area (Å²) in [6.07, 6.45) is -0.467. The number of carboxylic acid groups (broad SMARTS) is 2. The summed E-state index contributed by atoms with van der Waals surface area (Å²) in [5, 5.41) is 35.2. The van der Waals surface area contributed by atoms with Gasteiger partial charge in [0.1, 0.15) is 18.1 Å². The standard InChI is InChI=1S/C20H37N5O8/c1-4-10(2)15(20(32)33)24-19(31)16(11(3)26)25-18(30)13(7-5-6-8-21)23-17(29)12(22)9-14(27)28/h10-13,15-16,26H,4-9,21-22H2,1-3H3,(H,23,29)(H,24,31)(H,25,30)(H,27,28)(H,32,33). The molecule has 6 unspecified atom stereocenters. The number of carbonyl (C=O) groups is 5. The molecule has 0 saturated heterocycles. The minimum atomic E-state index is -1.50. The van der Waals surface area contributed by atoms with Gasteiger partial charge in [-0.3, -0.25) is 19.2 Å². The number of aliphatic carboxylic acids is 2. The molecular formula is C20H37N5O8. The predicted octanol–water partition coefficient (Wildman–Crippen LogP) is -2.12. The largest absolute Gasteiger partial charge is 0.481 e. The summed E-state index contributed by atoms with van der Waals surface area (Å²) in [5.74, 6) is -5.54. The molecule has 0 saturated carbocycles. The molecule has 0 aromatic rings. The maximum absolute atomic E-state index is 12.8. The van der Waals surface area contributed by atoms with Gasteiger partial charge in [0.25, 0.3) is 0 Å². The van der Waals surface area contributed by atoms with E-state index in [0.717, 1.165) is 0 Å². The molecule has 0 bridgehead atoms. The van der Waals surface area contributed by atoms with E-state index >= 15 is 0 Å². The van der Waals surface area contributed by atoms with E-state index in [0.29, 0.717) is 25.8 Å². The molecule has 3 amide bonds. The molecule has 6 atom stereocenters. The van der Waals surface area contributed by atoms with Crippen molar-refractivity contribution in [3.05, 3.63) is 0 Å². The summed E-state index contributed by atoms with van der Waals surface area (Å²) in [4.78, 5) is 60.0. The van der Waals surface area contributed by atoms with Crippen LogP contribution in [0.5, 0.6) is 0 Å². The molecule has 0 aliphatic rings. The van der Waals surface area contributed by atoms with E-state index in [1.165, 1.54) is 6.92 Å². The fourth-order valence-electron chi connectivity index (χ4n) is 2.91. The second kappa shape index (κ2) is 15.1. The van der Waals surface area contributed by atoms with E-state index in [-0.39, 0.29) is 6.42 Å². The van der Waals surface area contributed by atoms with Gasteiger partial charge in [0.05, 0.1) is 18.6 Å². The summed E-state index contributed by atoms with van der Waals surface area (Å²) in [7, 11) is 0. The van der Waals surface area contributed by atoms with Gasteiger partial charge in [0.2, 0.25) is 17.7 Å². The van der Waals surface area contributed by atoms with Crippen LogP contribution in [0.25, 0.3) is 0 Å². The Balaban J connectivity index is 5.48. The zero-order chi connectivity index (χ0) is 25.7. The summed E-state index contributed by atoms with van der Waals surface area (Å²) in [6.45, 7) is 4.98. The van der Waals surface area contributed by atoms with Crippen molar-refractivity contribution in [3.63, 3.8) is 0 Å². The Morgan fingerprint density at radius 1 is 0.879 bits per heavy atom. The lowest BCUT2D eigenvalue weighted by Gasteiger charge is -2.27. The SMILES string of the molecule is CCC(C)C(NC(=O)C(NC(=O)C(CCCCN)NC(=O)C(N)CC(=O)O)C(C)O)C(=O)O. The van der Waals surface area contributed by atoms with Crippen LogP contribution in [0.3, 0.4) is 0 Å². The first kappa shape index (κ1) is 30.2. The van der Waals surface area contributed by atoms with Gasteiger partial charge in [-0.15, -0.1) is 0 Å². The number of nitrogens with two attached hydrogens (primary N) is 2. The van der Waals surface area contributed by atoms with Crippen molar-refractivity contribution in [2.24, 2.45) is 17.4 Å². The second-order valence-corrected chi connectivity index (χ2v) is 7.99. The van der Waals surface area contributed by atoms with Crippen molar-refractivity contribution in [2.45, 2.75) is 83.1 Å². The average molecular weight is 476 g/mol. The number of aliphatic hydroxyl groups excluding tert-OH is 1. The zero-order valence-corrected chi connectivity index (χ0v) is 19.2. The van der Waals surface area contributed by atoms with Gasteiger partial charge < -0.3 is 42.7 Å². The first-order valence-corrected chi connectivity index (χ1v) is 10.8. The van der Waals surface area contributed by atoms with Gasteiger partial charge in [-0.2, -0.15) is 0 Å². The Bertz CT molecular complexity index is 687. The number of carboxylic acids is 2. The Kier molecular flexibility index (Phi) is 13.9. The number of amides is 3. The predicted molar refractivity (Wildman–Crippen MR) is 118 cm³/mol. The van der Waals surface area contributed by atoms with Crippen molar-refractivity contribution >= 4 is 29.7 Å². The molecule has 13 nitrogen and oxygen atoms in total. The number of hydrogen-bond acceptors (Lipinski definition) is 8. The molecule has 0 aromatic carbocycles. The molecular weight excluding hydrogens is 438 g/mol. The van der Waals surface area contributed by atoms with Crippen LogP contribution in [0.4, 0.5) is 0 Å². The van der Waals surface area contributed by atoms with Crippen LogP contribution >= 0.6 is 0 Å². The van der Waals surface area contributed by atoms with E-state index in [1.807, 2.05) is 0 Å². The van der Waals surface area contributed by atoms with Crippen molar-refractivity contribution < 1.29 is 39.3 Å². The van der Waals surface area contributed by atoms with Crippen LogP contribution in [-0.2, 0) is 24.0 Å². The maximum atomic E-state index is 12.8. The lowest BCUT2D eigenvalue weighted by atomic mass is 9.98. The van der Waals surface area contributed by atoms with Crippen LogP contribution in [-0.4, -0.2) is 81.8 Å². The quantitative estimate of drug-likeness (QED) is 0.113. The fourth-order valence-corrected chi connectivity index (χ4v) is 2.91. The second-order valence-electron chi connectivity index (χ2n) is 7.99. The molecule has 0 heterocycles. The first-order valence-electron chi connectivity index (χ1n) is 10.8. The van der Waals surface area contributed by atoms with Crippen molar-refractivity contribution in [2.75, 3.05) is 6.54 Å². The van der Waals surface area contributed by atoms with Crippen LogP contribution in [0.1, 0.15) is 52.9 Å². The van der Waals surface area contributed by atoms with Gasteiger partial charge in [-0.1, -0.05) is 20.3 Å². The number of nitrogens with one attached hydrogen (secondary N) is 3. The molecule has 0 aromatic heterocycles. The normalized spacial score (nSPS) is 16.4. The lowest BCUT2D eigenvalue weighted by molar-refractivity contribution is -0.144. The van der Waals surface area contributed by atoms with Gasteiger partial charge in [-0.05, 0) is 38.6 Å². The highest BCUT2D eigenvalue weighted by molar-refractivity contribution is 5.95. The van der Waals surface area contributed by atoms with Gasteiger partial charge in [0.15, 0.2) is 0 Å². The molecule has 0 rings (SSSR count). The highest BCUT2D eigenvalue weighted by Gasteiger charge is 2.34. The monoisotopic (exact) mass is 475 g/mol. The Morgan fingerprint density at radius 3 is 1.91 bits per heavy atom. The third-order valence-electron chi connectivity index (χ3n) is 5.15. The summed E-state index contributed by atoms with van der Waals surface area (Å²) < 4.78 is 0. The smallest absolute Gasteiger partial charge is 0.326 e. The van der Waals surface area contributed by atoms with E-state index in [2.05, 4.69) is 16.0 Å². The minimum absolute atomic E-state index is 0.118. The third kappa shape index (κ3) is 11.1.